The van der Waals surface area contributed by atoms with Crippen LogP contribution in [0.25, 0.3) is 11.3 Å². The summed E-state index contributed by atoms with van der Waals surface area (Å²) in [7, 11) is 0. The SMILES string of the molecule is Br.Fc1ccc(Nc2nc(-c3ccc(F)cc3)cs2)cc1. The van der Waals surface area contributed by atoms with Crippen LogP contribution < -0.4 is 5.32 Å². The van der Waals surface area contributed by atoms with Gasteiger partial charge in [-0.05, 0) is 48.5 Å². The molecular formula is C15H11BrF2N2S. The van der Waals surface area contributed by atoms with Gasteiger partial charge in [-0.15, -0.1) is 28.3 Å². The minimum absolute atomic E-state index is 0. The van der Waals surface area contributed by atoms with Gasteiger partial charge in [0.2, 0.25) is 0 Å². The minimum atomic E-state index is -0.276. The van der Waals surface area contributed by atoms with Crippen molar-refractivity contribution in [1.29, 1.82) is 0 Å². The summed E-state index contributed by atoms with van der Waals surface area (Å²) in [6, 6.07) is 12.2. The predicted molar refractivity (Wildman–Crippen MR) is 87.5 cm³/mol. The van der Waals surface area contributed by atoms with Crippen molar-refractivity contribution in [3.8, 4) is 11.3 Å². The third kappa shape index (κ3) is 3.86. The summed E-state index contributed by atoms with van der Waals surface area (Å²) in [6.45, 7) is 0. The molecule has 0 saturated carbocycles. The molecule has 2 aromatic carbocycles. The maximum Gasteiger partial charge on any atom is 0.187 e. The number of anilines is 2. The molecule has 21 heavy (non-hydrogen) atoms. The molecule has 0 fully saturated rings. The third-order valence-electron chi connectivity index (χ3n) is 2.74. The second-order valence-corrected chi connectivity index (χ2v) is 5.03. The molecule has 0 bridgehead atoms. The molecule has 3 rings (SSSR count). The quantitative estimate of drug-likeness (QED) is 0.668. The van der Waals surface area contributed by atoms with Crippen molar-refractivity contribution in [2.45, 2.75) is 0 Å². The van der Waals surface area contributed by atoms with Crippen molar-refractivity contribution in [3.63, 3.8) is 0 Å². The van der Waals surface area contributed by atoms with Crippen LogP contribution in [-0.4, -0.2) is 4.98 Å². The summed E-state index contributed by atoms with van der Waals surface area (Å²) in [5.74, 6) is -0.546. The standard InChI is InChI=1S/C15H10F2N2S.BrH/c16-11-3-1-10(2-4-11)14-9-20-15(19-14)18-13-7-5-12(17)6-8-13;/h1-9H,(H,18,19);1H. The monoisotopic (exact) mass is 368 g/mol. The molecule has 0 amide bonds. The molecule has 108 valence electrons. The Morgan fingerprint density at radius 3 is 2.05 bits per heavy atom. The van der Waals surface area contributed by atoms with Gasteiger partial charge in [-0.2, -0.15) is 0 Å². The van der Waals surface area contributed by atoms with E-state index in [1.165, 1.54) is 35.6 Å². The molecular weight excluding hydrogens is 358 g/mol. The van der Waals surface area contributed by atoms with Crippen LogP contribution in [-0.2, 0) is 0 Å². The van der Waals surface area contributed by atoms with E-state index in [0.29, 0.717) is 5.13 Å². The number of nitrogens with zero attached hydrogens (tertiary/aromatic N) is 1. The second kappa shape index (κ2) is 6.78. The smallest absolute Gasteiger partial charge is 0.187 e. The molecule has 3 aromatic rings. The van der Waals surface area contributed by atoms with E-state index in [-0.39, 0.29) is 28.6 Å². The Morgan fingerprint density at radius 2 is 1.43 bits per heavy atom. The first-order valence-electron chi connectivity index (χ1n) is 5.95. The van der Waals surface area contributed by atoms with E-state index in [0.717, 1.165) is 16.9 Å². The lowest BCUT2D eigenvalue weighted by Crippen LogP contribution is -1.89. The van der Waals surface area contributed by atoms with Crippen molar-refractivity contribution >= 4 is 39.1 Å². The van der Waals surface area contributed by atoms with Crippen LogP contribution in [0.15, 0.2) is 53.9 Å². The molecule has 0 aliphatic rings. The van der Waals surface area contributed by atoms with Crippen LogP contribution in [0, 0.1) is 11.6 Å². The fraction of sp³-hybridized carbons (Fsp3) is 0. The van der Waals surface area contributed by atoms with Gasteiger partial charge in [-0.1, -0.05) is 0 Å². The number of thiazole rings is 1. The predicted octanol–water partition coefficient (Wildman–Crippen LogP) is 5.41. The molecule has 0 unspecified atom stereocenters. The molecule has 0 atom stereocenters. The Hall–Kier alpha value is -1.79. The number of halogens is 3. The summed E-state index contributed by atoms with van der Waals surface area (Å²) in [5.41, 5.74) is 2.40. The van der Waals surface area contributed by atoms with E-state index in [4.69, 9.17) is 0 Å². The Bertz CT molecular complexity index is 711. The van der Waals surface area contributed by atoms with Crippen molar-refractivity contribution in [1.82, 2.24) is 4.98 Å². The zero-order valence-electron chi connectivity index (χ0n) is 10.7. The summed E-state index contributed by atoms with van der Waals surface area (Å²) >= 11 is 1.44. The van der Waals surface area contributed by atoms with E-state index in [2.05, 4.69) is 10.3 Å². The van der Waals surface area contributed by atoms with Gasteiger partial charge in [0, 0.05) is 16.6 Å². The topological polar surface area (TPSA) is 24.9 Å². The van der Waals surface area contributed by atoms with Gasteiger partial charge in [0.25, 0.3) is 0 Å². The largest absolute Gasteiger partial charge is 0.332 e. The van der Waals surface area contributed by atoms with Crippen molar-refractivity contribution in [3.05, 3.63) is 65.5 Å². The van der Waals surface area contributed by atoms with Gasteiger partial charge in [0.15, 0.2) is 5.13 Å². The van der Waals surface area contributed by atoms with Crippen LogP contribution in [0.1, 0.15) is 0 Å². The molecule has 0 aliphatic heterocycles. The summed E-state index contributed by atoms with van der Waals surface area (Å²) in [6.07, 6.45) is 0. The Balaban J connectivity index is 0.00000161. The lowest BCUT2D eigenvalue weighted by Gasteiger charge is -2.01. The van der Waals surface area contributed by atoms with E-state index >= 15 is 0 Å². The fourth-order valence-electron chi connectivity index (χ4n) is 1.74. The Kier molecular flexibility index (Phi) is 5.03. The molecule has 1 N–H and O–H groups in total. The van der Waals surface area contributed by atoms with Crippen molar-refractivity contribution in [2.24, 2.45) is 0 Å². The Labute approximate surface area is 135 Å². The highest BCUT2D eigenvalue weighted by molar-refractivity contribution is 8.93. The second-order valence-electron chi connectivity index (χ2n) is 4.18. The number of rotatable bonds is 3. The summed E-state index contributed by atoms with van der Waals surface area (Å²) in [4.78, 5) is 4.42. The first kappa shape index (κ1) is 15.6. The summed E-state index contributed by atoms with van der Waals surface area (Å²) < 4.78 is 25.7. The van der Waals surface area contributed by atoms with Gasteiger partial charge < -0.3 is 5.32 Å². The molecule has 2 nitrogen and oxygen atoms in total. The Morgan fingerprint density at radius 1 is 0.857 bits per heavy atom. The van der Waals surface area contributed by atoms with Crippen LogP contribution in [0.3, 0.4) is 0 Å². The normalized spacial score (nSPS) is 10.0. The van der Waals surface area contributed by atoms with Gasteiger partial charge in [-0.25, -0.2) is 13.8 Å². The third-order valence-corrected chi connectivity index (χ3v) is 3.50. The first-order chi connectivity index (χ1) is 9.70. The van der Waals surface area contributed by atoms with Crippen LogP contribution >= 0.6 is 28.3 Å². The number of benzene rings is 2. The highest BCUT2D eigenvalue weighted by Crippen LogP contribution is 2.27. The van der Waals surface area contributed by atoms with Gasteiger partial charge >= 0.3 is 0 Å². The van der Waals surface area contributed by atoms with Gasteiger partial charge in [0.05, 0.1) is 5.69 Å². The number of hydrogen-bond acceptors (Lipinski definition) is 3. The molecule has 0 saturated heterocycles. The van der Waals surface area contributed by atoms with E-state index < -0.39 is 0 Å². The maximum absolute atomic E-state index is 12.9. The highest BCUT2D eigenvalue weighted by atomic mass is 79.9. The zero-order chi connectivity index (χ0) is 13.9. The minimum Gasteiger partial charge on any atom is -0.332 e. The molecule has 0 spiro atoms. The number of nitrogens with one attached hydrogen (secondary N) is 1. The van der Waals surface area contributed by atoms with E-state index in [1.807, 2.05) is 5.38 Å². The van der Waals surface area contributed by atoms with E-state index in [1.54, 1.807) is 24.3 Å². The molecule has 0 aliphatic carbocycles. The van der Waals surface area contributed by atoms with E-state index in [9.17, 15) is 8.78 Å². The molecule has 6 heteroatoms. The molecule has 0 radical (unpaired) electrons. The van der Waals surface area contributed by atoms with Crippen molar-refractivity contribution in [2.75, 3.05) is 5.32 Å². The lowest BCUT2D eigenvalue weighted by molar-refractivity contribution is 0.627. The van der Waals surface area contributed by atoms with Crippen molar-refractivity contribution < 1.29 is 8.78 Å². The average molecular weight is 369 g/mol. The fourth-order valence-corrected chi connectivity index (χ4v) is 2.48. The highest BCUT2D eigenvalue weighted by Gasteiger charge is 2.05. The molecule has 1 heterocycles. The average Bonchev–Trinajstić information content (AvgIpc) is 2.91. The maximum atomic E-state index is 12.9. The number of hydrogen-bond donors (Lipinski definition) is 1. The summed E-state index contributed by atoms with van der Waals surface area (Å²) in [5, 5.41) is 5.69. The van der Waals surface area contributed by atoms with Gasteiger partial charge in [0.1, 0.15) is 11.6 Å². The first-order valence-corrected chi connectivity index (χ1v) is 6.83. The lowest BCUT2D eigenvalue weighted by atomic mass is 10.2. The van der Waals surface area contributed by atoms with Gasteiger partial charge in [-0.3, -0.25) is 0 Å². The van der Waals surface area contributed by atoms with Crippen LogP contribution in [0.2, 0.25) is 0 Å². The van der Waals surface area contributed by atoms with Crippen LogP contribution in [0.4, 0.5) is 19.6 Å². The van der Waals surface area contributed by atoms with Crippen LogP contribution in [0.5, 0.6) is 0 Å². The molecule has 1 aromatic heterocycles. The zero-order valence-corrected chi connectivity index (χ0v) is 13.2. The number of aromatic nitrogens is 1.